The van der Waals surface area contributed by atoms with Crippen LogP contribution in [0.2, 0.25) is 0 Å². The predicted octanol–water partition coefficient (Wildman–Crippen LogP) is 2.51. The van der Waals surface area contributed by atoms with Gasteiger partial charge in [0.15, 0.2) is 5.75 Å². The van der Waals surface area contributed by atoms with Crippen molar-refractivity contribution in [3.63, 3.8) is 0 Å². The summed E-state index contributed by atoms with van der Waals surface area (Å²) in [6.45, 7) is 0. The Hall–Kier alpha value is -3.96. The molecule has 0 aliphatic heterocycles. The number of fused-ring (bicyclic) bond motifs is 2. The zero-order valence-electron chi connectivity index (χ0n) is 19.5. The minimum atomic E-state index is -5.33. The lowest BCUT2D eigenvalue weighted by atomic mass is 10.1. The van der Waals surface area contributed by atoms with E-state index in [0.29, 0.717) is 36.4 Å². The predicted molar refractivity (Wildman–Crippen MR) is 136 cm³/mol. The molecule has 0 heterocycles. The van der Waals surface area contributed by atoms with Gasteiger partial charge in [0.1, 0.15) is 27.0 Å². The first-order valence-electron chi connectivity index (χ1n) is 10.2. The molecule has 4 aromatic carbocycles. The van der Waals surface area contributed by atoms with Crippen LogP contribution in [0.1, 0.15) is 0 Å². The fraction of sp³-hybridized carbons (Fsp3) is 0. The molecule has 0 fully saturated rings. The quantitative estimate of drug-likeness (QED) is 0.116. The minimum absolute atomic E-state index is 0.489. The second-order valence-corrected chi connectivity index (χ2v) is 13.8. The fourth-order valence-electron chi connectivity index (χ4n) is 3.83. The molecule has 0 spiro atoms. The van der Waals surface area contributed by atoms with Crippen LogP contribution in [0.3, 0.4) is 0 Å². The molecule has 0 radical (unpaired) electrons. The Balaban J connectivity index is 2.13. The Morgan fingerprint density at radius 2 is 1.10 bits per heavy atom. The molecule has 0 aliphatic carbocycles. The van der Waals surface area contributed by atoms with E-state index in [1.807, 2.05) is 0 Å². The second-order valence-electron chi connectivity index (χ2n) is 8.16. The molecule has 41 heavy (non-hydrogen) atoms. The van der Waals surface area contributed by atoms with Crippen molar-refractivity contribution in [3.8, 4) is 17.2 Å². The van der Waals surface area contributed by atoms with Crippen molar-refractivity contribution >= 4 is 73.4 Å². The molecule has 0 aromatic heterocycles. The van der Waals surface area contributed by atoms with E-state index in [9.17, 15) is 67.2 Å². The van der Waals surface area contributed by atoms with Crippen molar-refractivity contribution in [2.75, 3.05) is 0 Å². The smallest absolute Gasteiger partial charge is 0.296 e. The summed E-state index contributed by atoms with van der Waals surface area (Å²) in [5.41, 5.74) is -1.89. The molecule has 21 heteroatoms. The minimum Gasteiger partial charge on any atom is -0.507 e. The average molecular weight is 651 g/mol. The van der Waals surface area contributed by atoms with Crippen LogP contribution >= 0.6 is 0 Å². The lowest BCUT2D eigenvalue weighted by molar-refractivity contribution is 0.457. The first kappa shape index (κ1) is 30.0. The van der Waals surface area contributed by atoms with Crippen molar-refractivity contribution in [3.05, 3.63) is 42.5 Å². The molecule has 218 valence electrons. The molecule has 4 rings (SSSR count). The zero-order valence-corrected chi connectivity index (χ0v) is 22.7. The molecule has 0 amide bonds. The van der Waals surface area contributed by atoms with Crippen LogP contribution in [-0.2, 0) is 40.5 Å². The Labute approximate surface area is 229 Å². The zero-order chi connectivity index (χ0) is 30.9. The summed E-state index contributed by atoms with van der Waals surface area (Å²) in [5.74, 6) is -3.01. The summed E-state index contributed by atoms with van der Waals surface area (Å²) in [5, 5.41) is 36.0. The molecule has 0 atom stereocenters. The summed E-state index contributed by atoms with van der Waals surface area (Å²) in [4.78, 5) is -4.13. The van der Waals surface area contributed by atoms with E-state index < -0.39 is 110 Å². The molecule has 17 nitrogen and oxygen atoms in total. The lowest BCUT2D eigenvalue weighted by Gasteiger charge is -2.12. The lowest BCUT2D eigenvalue weighted by Crippen LogP contribution is -2.02. The average Bonchev–Trinajstić information content (AvgIpc) is 2.80. The van der Waals surface area contributed by atoms with E-state index >= 15 is 0 Å². The highest BCUT2D eigenvalue weighted by Gasteiger charge is 2.26. The van der Waals surface area contributed by atoms with E-state index in [1.54, 1.807) is 0 Å². The van der Waals surface area contributed by atoms with Crippen LogP contribution in [0.15, 0.2) is 72.3 Å². The van der Waals surface area contributed by atoms with Crippen LogP contribution in [-0.4, -0.2) is 67.2 Å². The molecule has 0 aliphatic rings. The third kappa shape index (κ3) is 5.64. The number of phenols is 3. The van der Waals surface area contributed by atoms with Gasteiger partial charge in [0, 0.05) is 11.5 Å². The number of aromatic hydroxyl groups is 3. The fourth-order valence-corrected chi connectivity index (χ4v) is 6.23. The Kier molecular flexibility index (Phi) is 7.00. The number of azo groups is 1. The van der Waals surface area contributed by atoms with Gasteiger partial charge in [-0.05, 0) is 41.8 Å². The number of nitrogens with zero attached hydrogens (tertiary/aromatic N) is 2. The highest BCUT2D eigenvalue weighted by Crippen LogP contribution is 2.46. The van der Waals surface area contributed by atoms with Gasteiger partial charge in [-0.2, -0.15) is 33.7 Å². The summed E-state index contributed by atoms with van der Waals surface area (Å²) < 4.78 is 133. The van der Waals surface area contributed by atoms with Gasteiger partial charge in [0.2, 0.25) is 0 Å². The van der Waals surface area contributed by atoms with Gasteiger partial charge in [-0.25, -0.2) is 0 Å². The van der Waals surface area contributed by atoms with Gasteiger partial charge in [-0.3, -0.25) is 18.2 Å². The van der Waals surface area contributed by atoms with E-state index in [4.69, 9.17) is 0 Å². The van der Waals surface area contributed by atoms with Crippen molar-refractivity contribution in [1.82, 2.24) is 0 Å². The van der Waals surface area contributed by atoms with Crippen molar-refractivity contribution in [2.45, 2.75) is 19.6 Å². The molecule has 7 N–H and O–H groups in total. The van der Waals surface area contributed by atoms with E-state index in [0.717, 1.165) is 6.07 Å². The van der Waals surface area contributed by atoms with Gasteiger partial charge in [0.25, 0.3) is 40.5 Å². The second kappa shape index (κ2) is 9.56. The maximum absolute atomic E-state index is 12.1. The molecule has 4 aromatic rings. The number of hydrogen-bond acceptors (Lipinski definition) is 13. The number of phenolic OH excluding ortho intramolecular Hbond substituents is 3. The van der Waals surface area contributed by atoms with Crippen molar-refractivity contribution < 1.29 is 67.2 Å². The van der Waals surface area contributed by atoms with Crippen LogP contribution in [0.25, 0.3) is 21.5 Å². The summed E-state index contributed by atoms with van der Waals surface area (Å²) in [6, 6.07) is 4.23. The maximum atomic E-state index is 12.1. The molecule has 0 saturated carbocycles. The Morgan fingerprint density at radius 1 is 0.537 bits per heavy atom. The van der Waals surface area contributed by atoms with Gasteiger partial charge < -0.3 is 15.3 Å². The van der Waals surface area contributed by atoms with E-state index in [1.165, 1.54) is 0 Å². The van der Waals surface area contributed by atoms with E-state index in [2.05, 4.69) is 10.2 Å². The number of hydrogen-bond donors (Lipinski definition) is 7. The number of rotatable bonds is 6. The third-order valence-corrected chi connectivity index (χ3v) is 8.96. The maximum Gasteiger partial charge on any atom is 0.296 e. The van der Waals surface area contributed by atoms with Crippen molar-refractivity contribution in [1.29, 1.82) is 0 Å². The first-order valence-corrected chi connectivity index (χ1v) is 16.0. The topological polar surface area (TPSA) is 303 Å². The highest BCUT2D eigenvalue weighted by molar-refractivity contribution is 7.86. The molecular weight excluding hydrogens is 636 g/mol. The largest absolute Gasteiger partial charge is 0.507 e. The van der Waals surface area contributed by atoms with Gasteiger partial charge in [0.05, 0.1) is 26.3 Å². The normalized spacial score (nSPS) is 13.4. The van der Waals surface area contributed by atoms with Gasteiger partial charge in [-0.1, -0.05) is 0 Å². The third-order valence-electron chi connectivity index (χ3n) is 5.52. The monoisotopic (exact) mass is 650 g/mol. The Morgan fingerprint density at radius 3 is 1.63 bits per heavy atom. The molecule has 0 unspecified atom stereocenters. The molecule has 0 saturated heterocycles. The summed E-state index contributed by atoms with van der Waals surface area (Å²) in [6.07, 6.45) is 0. The SMILES string of the molecule is O=S(=O)(O)c1cc(O)c2c(O)c(N=Nc3cc(S(=O)(=O)O)cc4c(S(=O)(=O)O)ccc(O)c34)c(S(=O)(=O)O)cc2c1. The van der Waals surface area contributed by atoms with Crippen LogP contribution < -0.4 is 0 Å². The van der Waals surface area contributed by atoms with Crippen LogP contribution in [0.4, 0.5) is 11.4 Å². The van der Waals surface area contributed by atoms with E-state index in [-0.39, 0.29) is 0 Å². The summed E-state index contributed by atoms with van der Waals surface area (Å²) >= 11 is 0. The standard InChI is InChI=1S/C20H14N2O15S4/c23-13-1-2-15(40(32,33)34)11-5-10(39(29,30)31)6-12(18(11)13)21-22-19-16(41(35,36)37)4-8-3-9(38(26,27)28)7-14(24)17(8)20(19)25/h1-7,23-25H,(H,26,27,28)(H,29,30,31)(H,32,33,34)(H,35,36,37). The molecule has 0 bridgehead atoms. The number of benzene rings is 4. The highest BCUT2D eigenvalue weighted by atomic mass is 32.2. The van der Waals surface area contributed by atoms with Gasteiger partial charge in [-0.15, -0.1) is 10.2 Å². The van der Waals surface area contributed by atoms with Gasteiger partial charge >= 0.3 is 0 Å². The Bertz CT molecular complexity index is 2280. The molecular formula is C20H14N2O15S4. The van der Waals surface area contributed by atoms with Crippen molar-refractivity contribution in [2.24, 2.45) is 10.2 Å². The first-order chi connectivity index (χ1) is 18.6. The van der Waals surface area contributed by atoms with Crippen LogP contribution in [0, 0.1) is 0 Å². The summed E-state index contributed by atoms with van der Waals surface area (Å²) in [7, 11) is -20.4. The van der Waals surface area contributed by atoms with Crippen LogP contribution in [0.5, 0.6) is 17.2 Å².